The summed E-state index contributed by atoms with van der Waals surface area (Å²) in [4.78, 5) is 4.47. The first-order valence-electron chi connectivity index (χ1n) is 7.01. The zero-order valence-corrected chi connectivity index (χ0v) is 12.0. The van der Waals surface area contributed by atoms with Crippen molar-refractivity contribution in [3.63, 3.8) is 0 Å². The van der Waals surface area contributed by atoms with Crippen molar-refractivity contribution in [3.05, 3.63) is 29.6 Å². The smallest absolute Gasteiger partial charge is 0.0626 e. The molecule has 1 N–H and O–H groups in total. The summed E-state index contributed by atoms with van der Waals surface area (Å²) in [5.41, 5.74) is 2.71. The van der Waals surface area contributed by atoms with E-state index in [0.29, 0.717) is 5.92 Å². The molecule has 1 aliphatic rings. The van der Waals surface area contributed by atoms with Crippen molar-refractivity contribution in [2.24, 2.45) is 11.3 Å². The van der Waals surface area contributed by atoms with Crippen LogP contribution in [0.3, 0.4) is 0 Å². The number of fused-ring (bicyclic) bond motifs is 1. The maximum atomic E-state index is 10.5. The van der Waals surface area contributed by atoms with Gasteiger partial charge in [-0.2, -0.15) is 0 Å². The summed E-state index contributed by atoms with van der Waals surface area (Å²) in [5.74, 6) is 0.756. The van der Waals surface area contributed by atoms with Crippen LogP contribution in [0.5, 0.6) is 0 Å². The predicted octanol–water partition coefficient (Wildman–Crippen LogP) is 3.54. The third kappa shape index (κ3) is 2.74. The van der Waals surface area contributed by atoms with Gasteiger partial charge in [-0.1, -0.05) is 33.8 Å². The molecule has 0 spiro atoms. The van der Waals surface area contributed by atoms with E-state index in [0.717, 1.165) is 25.0 Å². The molecule has 1 aromatic rings. The standard InChI is InChI=1S/C16H25NO/c1-11(16(2,3)4)10-14(18)13-8-7-12-6-5-9-17-15(12)13/h5-6,9,11,13-14,18H,7-8,10H2,1-4H3. The van der Waals surface area contributed by atoms with Gasteiger partial charge in [0, 0.05) is 17.8 Å². The predicted molar refractivity (Wildman–Crippen MR) is 74.5 cm³/mol. The topological polar surface area (TPSA) is 33.1 Å². The van der Waals surface area contributed by atoms with Gasteiger partial charge in [0.25, 0.3) is 0 Å². The summed E-state index contributed by atoms with van der Waals surface area (Å²) in [6.07, 6.45) is 4.57. The molecule has 0 saturated carbocycles. The molecular weight excluding hydrogens is 222 g/mol. The number of pyridine rings is 1. The maximum Gasteiger partial charge on any atom is 0.0626 e. The summed E-state index contributed by atoms with van der Waals surface area (Å²) in [6, 6.07) is 4.13. The van der Waals surface area contributed by atoms with Crippen LogP contribution in [0.25, 0.3) is 0 Å². The first-order chi connectivity index (χ1) is 8.39. The molecule has 0 radical (unpaired) electrons. The SMILES string of the molecule is CC(CC(O)C1CCc2cccnc21)C(C)(C)C. The maximum absolute atomic E-state index is 10.5. The number of aliphatic hydroxyl groups is 1. The van der Waals surface area contributed by atoms with Gasteiger partial charge in [0.05, 0.1) is 6.10 Å². The average molecular weight is 247 g/mol. The average Bonchev–Trinajstić information content (AvgIpc) is 2.71. The van der Waals surface area contributed by atoms with E-state index < -0.39 is 0 Å². The van der Waals surface area contributed by atoms with Crippen molar-refractivity contribution in [2.45, 2.75) is 59.0 Å². The van der Waals surface area contributed by atoms with Gasteiger partial charge in [0.15, 0.2) is 0 Å². The second-order valence-corrected chi connectivity index (χ2v) is 6.76. The summed E-state index contributed by atoms with van der Waals surface area (Å²) in [6.45, 7) is 8.96. The zero-order chi connectivity index (χ0) is 13.3. The minimum absolute atomic E-state index is 0.242. The molecule has 1 aliphatic carbocycles. The zero-order valence-electron chi connectivity index (χ0n) is 12.0. The van der Waals surface area contributed by atoms with Gasteiger partial charge in [0.2, 0.25) is 0 Å². The van der Waals surface area contributed by atoms with Crippen LogP contribution in [-0.2, 0) is 6.42 Å². The highest BCUT2D eigenvalue weighted by atomic mass is 16.3. The molecule has 0 aliphatic heterocycles. The molecule has 2 heteroatoms. The molecule has 3 atom stereocenters. The number of aryl methyl sites for hydroxylation is 1. The fraction of sp³-hybridized carbons (Fsp3) is 0.688. The van der Waals surface area contributed by atoms with Crippen molar-refractivity contribution in [2.75, 3.05) is 0 Å². The van der Waals surface area contributed by atoms with Gasteiger partial charge in [-0.05, 0) is 42.2 Å². The molecule has 1 aromatic heterocycles. The molecule has 2 nitrogen and oxygen atoms in total. The van der Waals surface area contributed by atoms with Crippen LogP contribution in [0.15, 0.2) is 18.3 Å². The van der Waals surface area contributed by atoms with Crippen molar-refractivity contribution in [3.8, 4) is 0 Å². The highest BCUT2D eigenvalue weighted by Crippen LogP contribution is 2.38. The van der Waals surface area contributed by atoms with Crippen LogP contribution >= 0.6 is 0 Å². The van der Waals surface area contributed by atoms with Crippen molar-refractivity contribution < 1.29 is 5.11 Å². The minimum atomic E-state index is -0.254. The molecule has 0 fully saturated rings. The molecule has 1 heterocycles. The normalized spacial score (nSPS) is 22.6. The number of hydrogen-bond donors (Lipinski definition) is 1. The number of aromatic nitrogens is 1. The van der Waals surface area contributed by atoms with Gasteiger partial charge >= 0.3 is 0 Å². The number of nitrogens with zero attached hydrogens (tertiary/aromatic N) is 1. The second-order valence-electron chi connectivity index (χ2n) is 6.76. The number of hydrogen-bond acceptors (Lipinski definition) is 2. The van der Waals surface area contributed by atoms with E-state index in [-0.39, 0.29) is 17.4 Å². The lowest BCUT2D eigenvalue weighted by atomic mass is 9.77. The van der Waals surface area contributed by atoms with Crippen molar-refractivity contribution in [1.82, 2.24) is 4.98 Å². The van der Waals surface area contributed by atoms with E-state index in [1.54, 1.807) is 0 Å². The van der Waals surface area contributed by atoms with Gasteiger partial charge < -0.3 is 5.11 Å². The third-order valence-electron chi connectivity index (χ3n) is 4.54. The molecule has 0 saturated heterocycles. The Morgan fingerprint density at radius 3 is 2.83 bits per heavy atom. The lowest BCUT2D eigenvalue weighted by Gasteiger charge is -2.31. The first-order valence-corrected chi connectivity index (χ1v) is 7.01. The van der Waals surface area contributed by atoms with Crippen LogP contribution in [0.4, 0.5) is 0 Å². The van der Waals surface area contributed by atoms with E-state index in [4.69, 9.17) is 0 Å². The van der Waals surface area contributed by atoms with Crippen LogP contribution in [-0.4, -0.2) is 16.2 Å². The highest BCUT2D eigenvalue weighted by molar-refractivity contribution is 5.29. The van der Waals surface area contributed by atoms with Crippen LogP contribution in [0.1, 0.15) is 57.7 Å². The molecule has 0 bridgehead atoms. The second kappa shape index (κ2) is 5.00. The van der Waals surface area contributed by atoms with E-state index >= 15 is 0 Å². The lowest BCUT2D eigenvalue weighted by molar-refractivity contribution is 0.0867. The largest absolute Gasteiger partial charge is 0.392 e. The summed E-state index contributed by atoms with van der Waals surface area (Å²) in [7, 11) is 0. The van der Waals surface area contributed by atoms with Crippen LogP contribution < -0.4 is 0 Å². The van der Waals surface area contributed by atoms with Crippen molar-refractivity contribution in [1.29, 1.82) is 0 Å². The first kappa shape index (κ1) is 13.5. The van der Waals surface area contributed by atoms with E-state index in [9.17, 15) is 5.11 Å². The Labute approximate surface area is 110 Å². The fourth-order valence-electron chi connectivity index (χ4n) is 2.70. The number of aliphatic hydroxyl groups excluding tert-OH is 1. The van der Waals surface area contributed by atoms with Gasteiger partial charge in [-0.3, -0.25) is 4.98 Å². The highest BCUT2D eigenvalue weighted by Gasteiger charge is 2.32. The minimum Gasteiger partial charge on any atom is -0.392 e. The molecule has 100 valence electrons. The Balaban J connectivity index is 2.06. The van der Waals surface area contributed by atoms with Gasteiger partial charge in [0.1, 0.15) is 0 Å². The Bertz CT molecular complexity index is 408. The Morgan fingerprint density at radius 2 is 2.17 bits per heavy atom. The quantitative estimate of drug-likeness (QED) is 0.886. The third-order valence-corrected chi connectivity index (χ3v) is 4.54. The monoisotopic (exact) mass is 247 g/mol. The number of rotatable bonds is 3. The fourth-order valence-corrected chi connectivity index (χ4v) is 2.70. The Hall–Kier alpha value is -0.890. The van der Waals surface area contributed by atoms with Gasteiger partial charge in [-0.25, -0.2) is 0 Å². The Morgan fingerprint density at radius 1 is 1.44 bits per heavy atom. The van der Waals surface area contributed by atoms with E-state index in [2.05, 4.69) is 38.7 Å². The van der Waals surface area contributed by atoms with Crippen LogP contribution in [0.2, 0.25) is 0 Å². The van der Waals surface area contributed by atoms with Crippen LogP contribution in [0, 0.1) is 11.3 Å². The molecular formula is C16H25NO. The van der Waals surface area contributed by atoms with Crippen molar-refractivity contribution >= 4 is 0 Å². The Kier molecular flexibility index (Phi) is 3.76. The molecule has 0 amide bonds. The van der Waals surface area contributed by atoms with E-state index in [1.165, 1.54) is 5.56 Å². The summed E-state index contributed by atoms with van der Waals surface area (Å²) >= 11 is 0. The summed E-state index contributed by atoms with van der Waals surface area (Å²) < 4.78 is 0. The summed E-state index contributed by atoms with van der Waals surface area (Å²) in [5, 5.41) is 10.5. The molecule has 3 unspecified atom stereocenters. The van der Waals surface area contributed by atoms with Gasteiger partial charge in [-0.15, -0.1) is 0 Å². The lowest BCUT2D eigenvalue weighted by Crippen LogP contribution is -2.26. The molecule has 0 aromatic carbocycles. The molecule has 2 rings (SSSR count). The molecule has 18 heavy (non-hydrogen) atoms. The van der Waals surface area contributed by atoms with E-state index in [1.807, 2.05) is 12.3 Å².